The van der Waals surface area contributed by atoms with Crippen molar-refractivity contribution in [2.75, 3.05) is 0 Å². The molecule has 0 aliphatic carbocycles. The molecule has 0 bridgehead atoms. The van der Waals surface area contributed by atoms with Crippen LogP contribution in [0.3, 0.4) is 0 Å². The maximum atomic E-state index is 14.5. The van der Waals surface area contributed by atoms with E-state index in [1.165, 1.54) is 12.1 Å². The van der Waals surface area contributed by atoms with Crippen LogP contribution in [0.5, 0.6) is 0 Å². The predicted molar refractivity (Wildman–Crippen MR) is 158 cm³/mol. The third-order valence-corrected chi connectivity index (χ3v) is 6.90. The second kappa shape index (κ2) is 10.8. The highest BCUT2D eigenvalue weighted by Crippen LogP contribution is 2.32. The Kier molecular flexibility index (Phi) is 6.76. The third kappa shape index (κ3) is 4.70. The van der Waals surface area contributed by atoms with Crippen LogP contribution in [-0.4, -0.2) is 17.3 Å². The van der Waals surface area contributed by atoms with Crippen molar-refractivity contribution >= 4 is 28.3 Å². The lowest BCUT2D eigenvalue weighted by Crippen LogP contribution is -2.22. The highest BCUT2D eigenvalue weighted by atomic mass is 16.3. The average molecular weight is 535 g/mol. The molecule has 0 atom stereocenters. The monoisotopic (exact) mass is 534 g/mol. The molecule has 5 aromatic carbocycles. The van der Waals surface area contributed by atoms with Gasteiger partial charge < -0.3 is 4.42 Å². The Morgan fingerprint density at radius 1 is 0.463 bits per heavy atom. The lowest BCUT2D eigenvalue weighted by Gasteiger charge is -2.15. The van der Waals surface area contributed by atoms with Gasteiger partial charge in [-0.15, -0.1) is 0 Å². The molecule has 6 aromatic rings. The van der Waals surface area contributed by atoms with E-state index in [1.807, 2.05) is 6.07 Å². The van der Waals surface area contributed by atoms with Crippen molar-refractivity contribution in [1.82, 2.24) is 0 Å². The van der Waals surface area contributed by atoms with E-state index in [4.69, 9.17) is 4.42 Å². The van der Waals surface area contributed by atoms with Crippen LogP contribution in [0.15, 0.2) is 143 Å². The van der Waals surface area contributed by atoms with Gasteiger partial charge in [0.15, 0.2) is 11.6 Å². The van der Waals surface area contributed by atoms with Gasteiger partial charge >= 0.3 is 0 Å². The van der Waals surface area contributed by atoms with E-state index in [0.717, 1.165) is 0 Å². The van der Waals surface area contributed by atoms with E-state index in [1.54, 1.807) is 115 Å². The molecule has 5 nitrogen and oxygen atoms in total. The quantitative estimate of drug-likeness (QED) is 0.203. The summed E-state index contributed by atoms with van der Waals surface area (Å²) in [6.45, 7) is 0. The Morgan fingerprint density at radius 3 is 1.41 bits per heavy atom. The maximum absolute atomic E-state index is 14.5. The molecule has 1 aromatic heterocycles. The number of carbonyl (C=O) groups excluding carboxylic acids is 3. The van der Waals surface area contributed by atoms with Gasteiger partial charge in [-0.05, 0) is 12.1 Å². The molecule has 6 rings (SSSR count). The first kappa shape index (κ1) is 25.6. The predicted octanol–water partition coefficient (Wildman–Crippen LogP) is 7.15. The van der Waals surface area contributed by atoms with Gasteiger partial charge in [-0.2, -0.15) is 0 Å². The Balaban J connectivity index is 1.72. The van der Waals surface area contributed by atoms with Crippen molar-refractivity contribution in [2.24, 2.45) is 0 Å². The number of fused-ring (bicyclic) bond motifs is 1. The van der Waals surface area contributed by atoms with E-state index in [0.29, 0.717) is 22.3 Å². The number of hydrogen-bond donors (Lipinski definition) is 0. The average Bonchev–Trinajstić information content (AvgIpc) is 3.05. The Hall–Kier alpha value is -5.68. The molecule has 41 heavy (non-hydrogen) atoms. The molecule has 0 aliphatic heterocycles. The first-order chi connectivity index (χ1) is 20.0. The van der Waals surface area contributed by atoms with Crippen LogP contribution in [0.4, 0.5) is 0 Å². The fraction of sp³-hybridized carbons (Fsp3) is 0. The highest BCUT2D eigenvalue weighted by Gasteiger charge is 2.29. The van der Waals surface area contributed by atoms with E-state index in [-0.39, 0.29) is 33.4 Å². The summed E-state index contributed by atoms with van der Waals surface area (Å²) in [4.78, 5) is 56.1. The zero-order chi connectivity index (χ0) is 28.3. The molecular weight excluding hydrogens is 512 g/mol. The van der Waals surface area contributed by atoms with Gasteiger partial charge in [-0.25, -0.2) is 0 Å². The zero-order valence-corrected chi connectivity index (χ0v) is 21.7. The molecule has 0 unspecified atom stereocenters. The zero-order valence-electron chi connectivity index (χ0n) is 21.7. The normalized spacial score (nSPS) is 10.8. The lowest BCUT2D eigenvalue weighted by molar-refractivity contribution is 0.100. The minimum atomic E-state index is -0.680. The van der Waals surface area contributed by atoms with Gasteiger partial charge in [0, 0.05) is 33.4 Å². The highest BCUT2D eigenvalue weighted by molar-refractivity contribution is 6.25. The largest absolute Gasteiger partial charge is 0.455 e. The summed E-state index contributed by atoms with van der Waals surface area (Å²) < 4.78 is 6.29. The van der Waals surface area contributed by atoms with E-state index in [9.17, 15) is 19.2 Å². The second-order valence-corrected chi connectivity index (χ2v) is 9.45. The van der Waals surface area contributed by atoms with Crippen molar-refractivity contribution in [3.05, 3.63) is 177 Å². The van der Waals surface area contributed by atoms with Crippen LogP contribution < -0.4 is 5.43 Å². The molecule has 5 heteroatoms. The summed E-state index contributed by atoms with van der Waals surface area (Å²) in [6.07, 6.45) is 0. The number of ketones is 3. The molecule has 1 heterocycles. The van der Waals surface area contributed by atoms with Gasteiger partial charge in [0.2, 0.25) is 11.2 Å². The van der Waals surface area contributed by atoms with Crippen LogP contribution in [0.25, 0.3) is 22.3 Å². The number of carbonyl (C=O) groups is 3. The molecule has 0 N–H and O–H groups in total. The Morgan fingerprint density at radius 2 is 0.902 bits per heavy atom. The van der Waals surface area contributed by atoms with Gasteiger partial charge in [0.1, 0.15) is 16.9 Å². The van der Waals surface area contributed by atoms with Crippen molar-refractivity contribution < 1.29 is 18.8 Å². The van der Waals surface area contributed by atoms with Crippen molar-refractivity contribution in [1.29, 1.82) is 0 Å². The number of rotatable bonds is 7. The Labute approximate surface area is 235 Å². The molecular formula is C36H22O5. The molecule has 196 valence electrons. The first-order valence-corrected chi connectivity index (χ1v) is 13.0. The van der Waals surface area contributed by atoms with E-state index < -0.39 is 22.8 Å². The molecule has 0 saturated carbocycles. The van der Waals surface area contributed by atoms with Gasteiger partial charge in [0.25, 0.3) is 0 Å². The van der Waals surface area contributed by atoms with Crippen molar-refractivity contribution in [2.45, 2.75) is 0 Å². The number of benzene rings is 5. The minimum Gasteiger partial charge on any atom is -0.455 e. The fourth-order valence-corrected chi connectivity index (χ4v) is 4.92. The van der Waals surface area contributed by atoms with Gasteiger partial charge in [-0.1, -0.05) is 121 Å². The first-order valence-electron chi connectivity index (χ1n) is 13.0. The molecule has 0 fully saturated rings. The van der Waals surface area contributed by atoms with Gasteiger partial charge in [0.05, 0.1) is 5.39 Å². The lowest BCUT2D eigenvalue weighted by atomic mass is 9.88. The van der Waals surface area contributed by atoms with Crippen molar-refractivity contribution in [3.8, 4) is 11.3 Å². The summed E-state index contributed by atoms with van der Waals surface area (Å²) in [5.74, 6) is -1.39. The molecule has 0 spiro atoms. The molecule has 0 radical (unpaired) electrons. The van der Waals surface area contributed by atoms with E-state index >= 15 is 0 Å². The number of hydrogen-bond acceptors (Lipinski definition) is 5. The topological polar surface area (TPSA) is 81.4 Å². The molecule has 0 aliphatic rings. The summed E-state index contributed by atoms with van der Waals surface area (Å²) in [6, 6.07) is 37.3. The standard InChI is InChI=1S/C36H22O5/c37-32(23-13-5-1-6-14-23)27-21-22-28-30(29(27)33(38)24-15-7-2-8-16-24)35(40)31(34(39)25-17-9-3-10-18-25)36(41-28)26-19-11-4-12-20-26/h1-22H. The SMILES string of the molecule is O=C(c1ccccc1)c1ccc2oc(-c3ccccc3)c(C(=O)c3ccccc3)c(=O)c2c1C(=O)c1ccccc1. The van der Waals surface area contributed by atoms with Crippen LogP contribution >= 0.6 is 0 Å². The van der Waals surface area contributed by atoms with Crippen molar-refractivity contribution in [3.63, 3.8) is 0 Å². The van der Waals surface area contributed by atoms with Crippen LogP contribution in [0.2, 0.25) is 0 Å². The van der Waals surface area contributed by atoms with Gasteiger partial charge in [-0.3, -0.25) is 19.2 Å². The molecule has 0 amide bonds. The summed E-state index contributed by atoms with van der Waals surface area (Å²) in [7, 11) is 0. The summed E-state index contributed by atoms with van der Waals surface area (Å²) in [5, 5.41) is -0.111. The summed E-state index contributed by atoms with van der Waals surface area (Å²) in [5.41, 5.74) is 0.650. The van der Waals surface area contributed by atoms with Crippen LogP contribution in [0.1, 0.15) is 47.8 Å². The van der Waals surface area contributed by atoms with Crippen LogP contribution in [0, 0.1) is 0 Å². The van der Waals surface area contributed by atoms with Crippen LogP contribution in [-0.2, 0) is 0 Å². The smallest absolute Gasteiger partial charge is 0.205 e. The molecule has 0 saturated heterocycles. The fourth-order valence-electron chi connectivity index (χ4n) is 4.92. The Bertz CT molecular complexity index is 1980. The summed E-state index contributed by atoms with van der Waals surface area (Å²) >= 11 is 0. The van der Waals surface area contributed by atoms with E-state index in [2.05, 4.69) is 0 Å². The minimum absolute atomic E-state index is 0.0513. The maximum Gasteiger partial charge on any atom is 0.205 e. The third-order valence-electron chi connectivity index (χ3n) is 6.90. The second-order valence-electron chi connectivity index (χ2n) is 9.45.